The van der Waals surface area contributed by atoms with Crippen molar-refractivity contribution in [3.05, 3.63) is 42.2 Å². The second-order valence-corrected chi connectivity index (χ2v) is 4.11. The molecule has 0 saturated heterocycles. The zero-order chi connectivity index (χ0) is 10.8. The second kappa shape index (κ2) is 3.86. The zero-order valence-corrected chi connectivity index (χ0v) is 9.02. The first-order chi connectivity index (χ1) is 7.95. The van der Waals surface area contributed by atoms with Crippen LogP contribution in [-0.2, 0) is 0 Å². The smallest absolute Gasteiger partial charge is 0.152 e. The molecule has 78 valence electrons. The minimum atomic E-state index is 0.750. The van der Waals surface area contributed by atoms with Gasteiger partial charge in [0.15, 0.2) is 6.26 Å². The fraction of sp³-hybridized carbons (Fsp3) is 0. The number of pyridine rings is 1. The molecule has 4 nitrogen and oxygen atoms in total. The van der Waals surface area contributed by atoms with Gasteiger partial charge in [-0.1, -0.05) is 6.07 Å². The third-order valence-corrected chi connectivity index (χ3v) is 3.19. The first-order valence-corrected chi connectivity index (χ1v) is 5.58. The van der Waals surface area contributed by atoms with Gasteiger partial charge in [-0.25, -0.2) is 0 Å². The number of nitrogens with zero attached hydrogens (tertiary/aromatic N) is 3. The fourth-order valence-electron chi connectivity index (χ4n) is 1.51. The van der Waals surface area contributed by atoms with Gasteiger partial charge < -0.3 is 4.52 Å². The molecule has 0 spiro atoms. The van der Waals surface area contributed by atoms with Gasteiger partial charge in [-0.05, 0) is 17.5 Å². The van der Waals surface area contributed by atoms with Crippen molar-refractivity contribution in [1.29, 1.82) is 0 Å². The van der Waals surface area contributed by atoms with Crippen molar-refractivity contribution in [3.8, 4) is 21.7 Å². The van der Waals surface area contributed by atoms with Crippen LogP contribution in [0.25, 0.3) is 21.7 Å². The molecule has 3 rings (SSSR count). The molecule has 0 amide bonds. The van der Waals surface area contributed by atoms with Gasteiger partial charge in [-0.2, -0.15) is 0 Å². The van der Waals surface area contributed by atoms with Gasteiger partial charge in [0.1, 0.15) is 5.69 Å². The quantitative estimate of drug-likeness (QED) is 0.678. The maximum atomic E-state index is 4.76. The minimum absolute atomic E-state index is 0.750. The predicted molar refractivity (Wildman–Crippen MR) is 60.8 cm³/mol. The number of aromatic nitrogens is 3. The van der Waals surface area contributed by atoms with Crippen molar-refractivity contribution in [2.45, 2.75) is 0 Å². The van der Waals surface area contributed by atoms with Crippen LogP contribution >= 0.6 is 11.3 Å². The third-order valence-electron chi connectivity index (χ3n) is 2.22. The molecule has 0 aromatic carbocycles. The Bertz CT molecular complexity index is 574. The molecule has 3 aromatic rings. The molecule has 0 fully saturated rings. The van der Waals surface area contributed by atoms with E-state index in [0.717, 1.165) is 21.7 Å². The van der Waals surface area contributed by atoms with E-state index in [1.807, 2.05) is 29.8 Å². The highest BCUT2D eigenvalue weighted by Gasteiger charge is 2.11. The number of thiophene rings is 1. The molecule has 0 unspecified atom stereocenters. The van der Waals surface area contributed by atoms with Gasteiger partial charge in [-0.15, -0.1) is 16.4 Å². The van der Waals surface area contributed by atoms with Gasteiger partial charge in [0.05, 0.1) is 0 Å². The summed E-state index contributed by atoms with van der Waals surface area (Å²) in [7, 11) is 0. The van der Waals surface area contributed by atoms with Gasteiger partial charge in [0.25, 0.3) is 0 Å². The van der Waals surface area contributed by atoms with Crippen LogP contribution in [-0.4, -0.2) is 15.4 Å². The average Bonchev–Trinajstić information content (AvgIpc) is 3.01. The van der Waals surface area contributed by atoms with E-state index in [-0.39, 0.29) is 0 Å². The maximum absolute atomic E-state index is 4.76. The van der Waals surface area contributed by atoms with Crippen molar-refractivity contribution >= 4 is 11.3 Å². The molecule has 0 bridgehead atoms. The molecule has 0 atom stereocenters. The van der Waals surface area contributed by atoms with Gasteiger partial charge >= 0.3 is 0 Å². The lowest BCUT2D eigenvalue weighted by Crippen LogP contribution is -1.80. The summed E-state index contributed by atoms with van der Waals surface area (Å²) in [6.45, 7) is 0. The summed E-state index contributed by atoms with van der Waals surface area (Å²) in [4.78, 5) is 5.24. The summed E-state index contributed by atoms with van der Waals surface area (Å²) >= 11 is 1.65. The van der Waals surface area contributed by atoms with Crippen LogP contribution in [0.5, 0.6) is 0 Å². The van der Waals surface area contributed by atoms with E-state index in [9.17, 15) is 0 Å². The van der Waals surface area contributed by atoms with Crippen LogP contribution in [0.15, 0.2) is 46.8 Å². The van der Waals surface area contributed by atoms with Crippen LogP contribution in [0.3, 0.4) is 0 Å². The van der Waals surface area contributed by atoms with E-state index in [2.05, 4.69) is 15.4 Å². The Labute approximate surface area is 95.6 Å². The van der Waals surface area contributed by atoms with Crippen molar-refractivity contribution in [3.63, 3.8) is 0 Å². The zero-order valence-electron chi connectivity index (χ0n) is 8.20. The standard InChI is InChI=1S/C11H7N3OS/c1-2-8(6-12-4-1)11-9(3-5-16-11)10-7-15-14-13-10/h1-7H. The summed E-state index contributed by atoms with van der Waals surface area (Å²) in [5, 5.41) is 9.41. The Morgan fingerprint density at radius 2 is 2.25 bits per heavy atom. The van der Waals surface area contributed by atoms with Crippen LogP contribution in [0.1, 0.15) is 0 Å². The Hall–Kier alpha value is -2.01. The van der Waals surface area contributed by atoms with Gasteiger partial charge in [-0.3, -0.25) is 4.98 Å². The molecule has 5 heteroatoms. The highest BCUT2D eigenvalue weighted by molar-refractivity contribution is 7.14. The van der Waals surface area contributed by atoms with Crippen LogP contribution < -0.4 is 0 Å². The number of hydrogen-bond donors (Lipinski definition) is 0. The fourth-order valence-corrected chi connectivity index (χ4v) is 2.41. The van der Waals surface area contributed by atoms with Crippen molar-refractivity contribution in [1.82, 2.24) is 15.4 Å². The Morgan fingerprint density at radius 3 is 3.00 bits per heavy atom. The van der Waals surface area contributed by atoms with Gasteiger partial charge in [0, 0.05) is 33.7 Å². The topological polar surface area (TPSA) is 51.8 Å². The molecular weight excluding hydrogens is 222 g/mol. The lowest BCUT2D eigenvalue weighted by atomic mass is 10.1. The molecule has 0 N–H and O–H groups in total. The monoisotopic (exact) mass is 229 g/mol. The lowest BCUT2D eigenvalue weighted by molar-refractivity contribution is 0.393. The van der Waals surface area contributed by atoms with E-state index in [4.69, 9.17) is 4.52 Å². The highest BCUT2D eigenvalue weighted by atomic mass is 32.1. The number of rotatable bonds is 2. The summed E-state index contributed by atoms with van der Waals surface area (Å²) in [5.41, 5.74) is 2.86. The molecule has 0 aliphatic rings. The molecular formula is C11H7N3OS. The first kappa shape index (κ1) is 9.23. The predicted octanol–water partition coefficient (Wildman–Crippen LogP) is 2.86. The van der Waals surface area contributed by atoms with E-state index < -0.39 is 0 Å². The van der Waals surface area contributed by atoms with Crippen molar-refractivity contribution in [2.75, 3.05) is 0 Å². The Morgan fingerprint density at radius 1 is 1.25 bits per heavy atom. The molecule has 3 aromatic heterocycles. The molecule has 0 saturated carbocycles. The normalized spacial score (nSPS) is 10.5. The van der Waals surface area contributed by atoms with Gasteiger partial charge in [0.2, 0.25) is 0 Å². The van der Waals surface area contributed by atoms with E-state index in [1.54, 1.807) is 23.8 Å². The van der Waals surface area contributed by atoms with Crippen LogP contribution in [0.4, 0.5) is 0 Å². The van der Waals surface area contributed by atoms with Crippen molar-refractivity contribution < 1.29 is 4.52 Å². The minimum Gasteiger partial charge on any atom is -0.345 e. The summed E-state index contributed by atoms with van der Waals surface area (Å²) in [6, 6.07) is 5.95. The Balaban J connectivity index is 2.14. The largest absolute Gasteiger partial charge is 0.345 e. The first-order valence-electron chi connectivity index (χ1n) is 4.70. The summed E-state index contributed by atoms with van der Waals surface area (Å²) in [5.74, 6) is 0. The summed E-state index contributed by atoms with van der Waals surface area (Å²) in [6.07, 6.45) is 5.14. The van der Waals surface area contributed by atoms with E-state index in [1.165, 1.54) is 0 Å². The SMILES string of the molecule is c1cncc(-c2sccc2-c2conn2)c1. The molecule has 16 heavy (non-hydrogen) atoms. The molecule has 0 aliphatic carbocycles. The van der Waals surface area contributed by atoms with E-state index >= 15 is 0 Å². The van der Waals surface area contributed by atoms with Crippen molar-refractivity contribution in [2.24, 2.45) is 0 Å². The lowest BCUT2D eigenvalue weighted by Gasteiger charge is -1.99. The van der Waals surface area contributed by atoms with Crippen LogP contribution in [0, 0.1) is 0 Å². The highest BCUT2D eigenvalue weighted by Crippen LogP contribution is 2.35. The van der Waals surface area contributed by atoms with Crippen LogP contribution in [0.2, 0.25) is 0 Å². The Kier molecular flexibility index (Phi) is 2.23. The maximum Gasteiger partial charge on any atom is 0.152 e. The third kappa shape index (κ3) is 1.51. The average molecular weight is 229 g/mol. The van der Waals surface area contributed by atoms with E-state index in [0.29, 0.717) is 0 Å². The molecule has 3 heterocycles. The second-order valence-electron chi connectivity index (χ2n) is 3.20. The summed E-state index contributed by atoms with van der Waals surface area (Å²) < 4.78 is 4.76. The number of hydrogen-bond acceptors (Lipinski definition) is 5. The molecule has 0 radical (unpaired) electrons. The molecule has 0 aliphatic heterocycles.